The summed E-state index contributed by atoms with van der Waals surface area (Å²) in [7, 11) is 0. The number of pyridine rings is 1. The van der Waals surface area contributed by atoms with Crippen LogP contribution in [0.2, 0.25) is 0 Å². The summed E-state index contributed by atoms with van der Waals surface area (Å²) >= 11 is 0. The summed E-state index contributed by atoms with van der Waals surface area (Å²) in [5.74, 6) is 0.990. The Morgan fingerprint density at radius 1 is 1.03 bits per heavy atom. The summed E-state index contributed by atoms with van der Waals surface area (Å²) in [4.78, 5) is 34.0. The molecule has 1 N–H and O–H groups in total. The van der Waals surface area contributed by atoms with Crippen molar-refractivity contribution in [2.75, 3.05) is 37.6 Å². The van der Waals surface area contributed by atoms with E-state index in [1.54, 1.807) is 17.2 Å². The third-order valence-electron chi connectivity index (χ3n) is 6.05. The first-order valence-corrected chi connectivity index (χ1v) is 11.7. The van der Waals surface area contributed by atoms with Gasteiger partial charge in [0.05, 0.1) is 0 Å². The third kappa shape index (κ3) is 5.65. The van der Waals surface area contributed by atoms with Crippen molar-refractivity contribution in [2.24, 2.45) is 0 Å². The van der Waals surface area contributed by atoms with Crippen LogP contribution in [0.4, 0.5) is 5.82 Å². The number of rotatable bonds is 9. The molecule has 2 aliphatic heterocycles. The van der Waals surface area contributed by atoms with Crippen molar-refractivity contribution < 1.29 is 14.3 Å². The molecule has 2 aliphatic rings. The fourth-order valence-corrected chi connectivity index (χ4v) is 4.35. The second-order valence-electron chi connectivity index (χ2n) is 8.43. The van der Waals surface area contributed by atoms with Gasteiger partial charge in [0.25, 0.3) is 5.91 Å². The average molecular weight is 437 g/mol. The maximum absolute atomic E-state index is 13.2. The van der Waals surface area contributed by atoms with Crippen molar-refractivity contribution in [3.8, 4) is 5.75 Å². The van der Waals surface area contributed by atoms with Gasteiger partial charge in [-0.15, -0.1) is 0 Å². The summed E-state index contributed by atoms with van der Waals surface area (Å²) in [5.41, 5.74) is 0.809. The number of piperidine rings is 1. The molecule has 7 nitrogen and oxygen atoms in total. The minimum absolute atomic E-state index is 0.0326. The number of ether oxygens (including phenoxy) is 1. The molecule has 170 valence electrons. The maximum atomic E-state index is 13.2. The lowest BCUT2D eigenvalue weighted by molar-refractivity contribution is -0.127. The van der Waals surface area contributed by atoms with Gasteiger partial charge in [0.1, 0.15) is 0 Å². The number of aromatic nitrogens is 1. The van der Waals surface area contributed by atoms with Gasteiger partial charge >= 0.3 is 0 Å². The normalized spacial score (nSPS) is 18.7. The SMILES string of the molecule is O=C(CCCN1C(=O)[C@H](c2ccccc2)Oc2cccnc21)NCCCN1CCCCC1. The minimum Gasteiger partial charge on any atom is -0.472 e. The smallest absolute Gasteiger partial charge is 0.274 e. The van der Waals surface area contributed by atoms with Gasteiger partial charge in [0.2, 0.25) is 12.0 Å². The van der Waals surface area contributed by atoms with Gasteiger partial charge in [-0.2, -0.15) is 0 Å². The maximum Gasteiger partial charge on any atom is 0.274 e. The van der Waals surface area contributed by atoms with E-state index >= 15 is 0 Å². The Morgan fingerprint density at radius 2 is 1.84 bits per heavy atom. The van der Waals surface area contributed by atoms with Crippen molar-refractivity contribution >= 4 is 17.6 Å². The molecule has 0 saturated carbocycles. The highest BCUT2D eigenvalue weighted by Gasteiger charge is 2.36. The molecule has 0 spiro atoms. The van der Waals surface area contributed by atoms with Gasteiger partial charge in [-0.3, -0.25) is 14.5 Å². The van der Waals surface area contributed by atoms with Crippen LogP contribution in [-0.4, -0.2) is 54.4 Å². The lowest BCUT2D eigenvalue weighted by Gasteiger charge is -2.33. The highest BCUT2D eigenvalue weighted by molar-refractivity contribution is 5.99. The van der Waals surface area contributed by atoms with Crippen molar-refractivity contribution in [1.29, 1.82) is 0 Å². The predicted molar refractivity (Wildman–Crippen MR) is 124 cm³/mol. The molecule has 0 bridgehead atoms. The predicted octanol–water partition coefficient (Wildman–Crippen LogP) is 3.32. The van der Waals surface area contributed by atoms with Crippen molar-refractivity contribution in [2.45, 2.75) is 44.6 Å². The molecule has 1 atom stereocenters. The standard InChI is InChI=1S/C25H32N4O3/c30-22(26-15-9-18-28-16-5-2-6-17-28)13-8-19-29-24-21(12-7-14-27-24)32-23(25(29)31)20-10-3-1-4-11-20/h1,3-4,7,10-12,14,23H,2,5-6,8-9,13,15-19H2,(H,26,30)/t23-/m0/s1. The summed E-state index contributed by atoms with van der Waals surface area (Å²) < 4.78 is 5.97. The van der Waals surface area contributed by atoms with E-state index in [0.717, 1.165) is 18.5 Å². The molecule has 3 heterocycles. The van der Waals surface area contributed by atoms with Crippen molar-refractivity contribution in [1.82, 2.24) is 15.2 Å². The average Bonchev–Trinajstić information content (AvgIpc) is 2.84. The molecule has 2 amide bonds. The quantitative estimate of drug-likeness (QED) is 0.611. The molecule has 1 fully saturated rings. The molecule has 1 aromatic carbocycles. The minimum atomic E-state index is -0.698. The number of fused-ring (bicyclic) bond motifs is 1. The Labute approximate surface area is 189 Å². The highest BCUT2D eigenvalue weighted by atomic mass is 16.5. The lowest BCUT2D eigenvalue weighted by atomic mass is 10.1. The zero-order valence-electron chi connectivity index (χ0n) is 18.5. The van der Waals surface area contributed by atoms with Crippen LogP contribution in [0.3, 0.4) is 0 Å². The van der Waals surface area contributed by atoms with E-state index in [2.05, 4.69) is 15.2 Å². The molecule has 7 heteroatoms. The molecular weight excluding hydrogens is 404 g/mol. The van der Waals surface area contributed by atoms with E-state index in [0.29, 0.717) is 37.5 Å². The first-order valence-electron chi connectivity index (χ1n) is 11.7. The Bertz CT molecular complexity index is 899. The monoisotopic (exact) mass is 436 g/mol. The fourth-order valence-electron chi connectivity index (χ4n) is 4.35. The number of anilines is 1. The van der Waals surface area contributed by atoms with Gasteiger partial charge in [-0.25, -0.2) is 4.98 Å². The van der Waals surface area contributed by atoms with Crippen LogP contribution in [0.5, 0.6) is 5.75 Å². The molecule has 4 rings (SSSR count). The number of nitrogens with one attached hydrogen (secondary N) is 1. The van der Waals surface area contributed by atoms with Crippen LogP contribution in [0.25, 0.3) is 0 Å². The summed E-state index contributed by atoms with van der Waals surface area (Å²) in [6.07, 6.45) is 6.80. The van der Waals surface area contributed by atoms with Crippen molar-refractivity contribution in [3.63, 3.8) is 0 Å². The topological polar surface area (TPSA) is 74.8 Å². The summed E-state index contributed by atoms with van der Waals surface area (Å²) in [5, 5.41) is 3.02. The number of hydrogen-bond donors (Lipinski definition) is 1. The van der Waals surface area contributed by atoms with Crippen LogP contribution in [-0.2, 0) is 9.59 Å². The zero-order chi connectivity index (χ0) is 22.2. The summed E-state index contributed by atoms with van der Waals surface area (Å²) in [6.45, 7) is 4.54. The Hall–Kier alpha value is -2.93. The lowest BCUT2D eigenvalue weighted by Crippen LogP contribution is -2.42. The van der Waals surface area contributed by atoms with E-state index in [1.165, 1.54) is 32.4 Å². The summed E-state index contributed by atoms with van der Waals surface area (Å²) in [6, 6.07) is 13.1. The van der Waals surface area contributed by atoms with Gasteiger partial charge < -0.3 is 15.0 Å². The van der Waals surface area contributed by atoms with Crippen LogP contribution in [0, 0.1) is 0 Å². The molecule has 2 aromatic rings. The Balaban J connectivity index is 1.27. The molecular formula is C25H32N4O3. The molecule has 0 aliphatic carbocycles. The van der Waals surface area contributed by atoms with E-state index in [-0.39, 0.29) is 11.8 Å². The van der Waals surface area contributed by atoms with Gasteiger partial charge in [-0.1, -0.05) is 36.8 Å². The number of carbonyl (C=O) groups excluding carboxylic acids is 2. The molecule has 0 unspecified atom stereocenters. The first-order chi connectivity index (χ1) is 15.7. The van der Waals surface area contributed by atoms with Gasteiger partial charge in [0, 0.05) is 31.3 Å². The second kappa shape index (κ2) is 11.1. The van der Waals surface area contributed by atoms with E-state index in [4.69, 9.17) is 4.74 Å². The number of carbonyl (C=O) groups is 2. The van der Waals surface area contributed by atoms with Crippen LogP contribution in [0.1, 0.15) is 50.2 Å². The number of amides is 2. The van der Waals surface area contributed by atoms with E-state index < -0.39 is 6.10 Å². The van der Waals surface area contributed by atoms with Gasteiger partial charge in [0.15, 0.2) is 11.6 Å². The largest absolute Gasteiger partial charge is 0.472 e. The van der Waals surface area contributed by atoms with Crippen LogP contribution < -0.4 is 15.0 Å². The van der Waals surface area contributed by atoms with Crippen LogP contribution in [0.15, 0.2) is 48.7 Å². The third-order valence-corrected chi connectivity index (χ3v) is 6.05. The molecule has 0 radical (unpaired) electrons. The number of hydrogen-bond acceptors (Lipinski definition) is 5. The molecule has 1 aromatic heterocycles. The van der Waals surface area contributed by atoms with Crippen molar-refractivity contribution in [3.05, 3.63) is 54.2 Å². The Morgan fingerprint density at radius 3 is 2.66 bits per heavy atom. The zero-order valence-corrected chi connectivity index (χ0v) is 18.5. The number of benzene rings is 1. The van der Waals surface area contributed by atoms with E-state index in [9.17, 15) is 9.59 Å². The fraction of sp³-hybridized carbons (Fsp3) is 0.480. The molecule has 32 heavy (non-hydrogen) atoms. The molecule has 1 saturated heterocycles. The highest BCUT2D eigenvalue weighted by Crippen LogP contribution is 2.37. The first kappa shape index (κ1) is 22.3. The number of likely N-dealkylation sites (tertiary alicyclic amines) is 1. The Kier molecular flexibility index (Phi) is 7.72. The second-order valence-corrected chi connectivity index (χ2v) is 8.43. The number of nitrogens with zero attached hydrogens (tertiary/aromatic N) is 3. The van der Waals surface area contributed by atoms with E-state index in [1.807, 2.05) is 36.4 Å². The van der Waals surface area contributed by atoms with Gasteiger partial charge in [-0.05, 0) is 57.5 Å². The van der Waals surface area contributed by atoms with Crippen LogP contribution >= 0.6 is 0 Å².